The lowest BCUT2D eigenvalue weighted by Crippen LogP contribution is -2.15. The van der Waals surface area contributed by atoms with Gasteiger partial charge in [-0.15, -0.1) is 0 Å². The molecule has 0 aliphatic rings. The van der Waals surface area contributed by atoms with E-state index in [4.69, 9.17) is 4.74 Å². The molecular weight excluding hydrogens is 443 g/mol. The Bertz CT molecular complexity index is 1530. The van der Waals surface area contributed by atoms with Crippen molar-refractivity contribution in [2.75, 3.05) is 7.11 Å². The van der Waals surface area contributed by atoms with Gasteiger partial charge in [0.2, 0.25) is 0 Å². The van der Waals surface area contributed by atoms with E-state index < -0.39 is 17.3 Å². The summed E-state index contributed by atoms with van der Waals surface area (Å²) in [6.45, 7) is 0. The normalized spacial score (nSPS) is 11.9. The van der Waals surface area contributed by atoms with E-state index in [9.17, 15) is 18.0 Å². The minimum Gasteiger partial charge on any atom is -0.497 e. The van der Waals surface area contributed by atoms with Crippen molar-refractivity contribution in [2.24, 2.45) is 0 Å². The molecular formula is C26H20F3N3O2. The number of hydrogen-bond acceptors (Lipinski definition) is 3. The summed E-state index contributed by atoms with van der Waals surface area (Å²) in [6.07, 6.45) is -3.10. The van der Waals surface area contributed by atoms with Gasteiger partial charge in [-0.05, 0) is 54.8 Å². The van der Waals surface area contributed by atoms with Gasteiger partial charge in [-0.3, -0.25) is 9.89 Å². The summed E-state index contributed by atoms with van der Waals surface area (Å²) in [6, 6.07) is 19.9. The second-order valence-corrected chi connectivity index (χ2v) is 7.97. The number of nitrogens with one attached hydrogen (secondary N) is 1. The number of hydrogen-bond donors (Lipinski definition) is 1. The Morgan fingerprint density at radius 2 is 1.59 bits per heavy atom. The molecule has 5 nitrogen and oxygen atoms in total. The summed E-state index contributed by atoms with van der Waals surface area (Å²) in [5.41, 5.74) is 1.82. The monoisotopic (exact) mass is 463 g/mol. The number of halogens is 3. The number of H-pyrrole nitrogens is 1. The fourth-order valence-electron chi connectivity index (χ4n) is 4.09. The lowest BCUT2D eigenvalue weighted by Gasteiger charge is -2.08. The molecule has 0 bridgehead atoms. The molecule has 0 aliphatic carbocycles. The number of aromatic nitrogens is 3. The van der Waals surface area contributed by atoms with E-state index >= 15 is 0 Å². The maximum atomic E-state index is 13.2. The Kier molecular flexibility index (Phi) is 5.36. The van der Waals surface area contributed by atoms with Gasteiger partial charge in [0.15, 0.2) is 5.52 Å². The Balaban J connectivity index is 1.57. The number of benzene rings is 3. The predicted octanol–water partition coefficient (Wildman–Crippen LogP) is 5.68. The van der Waals surface area contributed by atoms with Crippen LogP contribution in [0.25, 0.3) is 27.5 Å². The molecule has 5 aromatic rings. The zero-order chi connectivity index (χ0) is 23.9. The Morgan fingerprint density at radius 3 is 2.24 bits per heavy atom. The third-order valence-corrected chi connectivity index (χ3v) is 5.88. The first kappa shape index (κ1) is 21.8. The number of methoxy groups -OCH3 is 1. The quantitative estimate of drug-likeness (QED) is 0.365. The van der Waals surface area contributed by atoms with Crippen LogP contribution in [0.15, 0.2) is 77.6 Å². The number of aromatic amines is 1. The van der Waals surface area contributed by atoms with E-state index in [1.54, 1.807) is 7.11 Å². The highest BCUT2D eigenvalue weighted by atomic mass is 19.4. The lowest BCUT2D eigenvalue weighted by molar-refractivity contribution is -0.137. The largest absolute Gasteiger partial charge is 0.497 e. The maximum absolute atomic E-state index is 13.2. The fourth-order valence-corrected chi connectivity index (χ4v) is 4.09. The van der Waals surface area contributed by atoms with E-state index in [0.717, 1.165) is 46.3 Å². The van der Waals surface area contributed by atoms with Gasteiger partial charge in [0.1, 0.15) is 5.75 Å². The molecule has 8 heteroatoms. The Hall–Kier alpha value is -4.07. The molecule has 3 aromatic carbocycles. The van der Waals surface area contributed by atoms with Crippen molar-refractivity contribution in [1.82, 2.24) is 14.8 Å². The van der Waals surface area contributed by atoms with Crippen LogP contribution in [0.2, 0.25) is 0 Å². The molecule has 2 heterocycles. The second-order valence-electron chi connectivity index (χ2n) is 7.97. The van der Waals surface area contributed by atoms with Crippen molar-refractivity contribution in [3.05, 3.63) is 100.0 Å². The van der Waals surface area contributed by atoms with E-state index in [1.165, 1.54) is 16.8 Å². The number of ether oxygens (including phenoxy) is 1. The summed E-state index contributed by atoms with van der Waals surface area (Å²) >= 11 is 0. The zero-order valence-electron chi connectivity index (χ0n) is 18.2. The maximum Gasteiger partial charge on any atom is 0.416 e. The molecule has 172 valence electrons. The standard InChI is InChI=1S/C26H20F3N3O2/c1-34-19-13-6-16(7-14-19)8-15-22-20-4-2-3-5-21(20)23-24(30-22)25(33)32(31-23)18-11-9-17(10-12-18)26(27,28)29/h2-7,9-14,31H,8,15H2,1H3. The summed E-state index contributed by atoms with van der Waals surface area (Å²) in [4.78, 5) is 17.9. The van der Waals surface area contributed by atoms with E-state index in [-0.39, 0.29) is 5.52 Å². The van der Waals surface area contributed by atoms with Gasteiger partial charge in [-0.1, -0.05) is 36.4 Å². The number of rotatable bonds is 5. The Morgan fingerprint density at radius 1 is 0.912 bits per heavy atom. The third kappa shape index (κ3) is 3.91. The topological polar surface area (TPSA) is 59.9 Å². The number of nitrogens with zero attached hydrogens (tertiary/aromatic N) is 2. The van der Waals surface area contributed by atoms with Gasteiger partial charge in [-0.25, -0.2) is 9.67 Å². The molecule has 0 spiro atoms. The lowest BCUT2D eigenvalue weighted by atomic mass is 10.0. The van der Waals surface area contributed by atoms with Gasteiger partial charge in [0, 0.05) is 16.5 Å². The molecule has 0 saturated heterocycles. The molecule has 0 amide bonds. The third-order valence-electron chi connectivity index (χ3n) is 5.88. The van der Waals surface area contributed by atoms with Crippen LogP contribution in [0, 0.1) is 0 Å². The van der Waals surface area contributed by atoms with Crippen LogP contribution >= 0.6 is 0 Å². The van der Waals surface area contributed by atoms with Gasteiger partial charge in [0.05, 0.1) is 23.9 Å². The van der Waals surface area contributed by atoms with Crippen molar-refractivity contribution in [1.29, 1.82) is 0 Å². The van der Waals surface area contributed by atoms with Crippen LogP contribution in [-0.4, -0.2) is 21.9 Å². The van der Waals surface area contributed by atoms with Crippen LogP contribution in [0.4, 0.5) is 13.2 Å². The molecule has 0 fully saturated rings. The van der Waals surface area contributed by atoms with E-state index in [2.05, 4.69) is 10.1 Å². The highest BCUT2D eigenvalue weighted by Crippen LogP contribution is 2.30. The van der Waals surface area contributed by atoms with Crippen molar-refractivity contribution in [2.45, 2.75) is 19.0 Å². The molecule has 2 aromatic heterocycles. The smallest absolute Gasteiger partial charge is 0.416 e. The molecule has 1 N–H and O–H groups in total. The van der Waals surface area contributed by atoms with Gasteiger partial charge >= 0.3 is 6.18 Å². The summed E-state index contributed by atoms with van der Waals surface area (Å²) in [5, 5.41) is 4.80. The summed E-state index contributed by atoms with van der Waals surface area (Å²) < 4.78 is 45.2. The van der Waals surface area contributed by atoms with Gasteiger partial charge < -0.3 is 4.74 Å². The minimum absolute atomic E-state index is 0.253. The van der Waals surface area contributed by atoms with E-state index in [0.29, 0.717) is 17.6 Å². The molecule has 0 atom stereocenters. The number of pyridine rings is 1. The number of fused-ring (bicyclic) bond motifs is 3. The predicted molar refractivity (Wildman–Crippen MR) is 125 cm³/mol. The number of alkyl halides is 3. The first-order chi connectivity index (χ1) is 16.3. The van der Waals surface area contributed by atoms with Gasteiger partial charge in [0.25, 0.3) is 5.56 Å². The second kappa shape index (κ2) is 8.37. The van der Waals surface area contributed by atoms with Crippen LogP contribution in [0.3, 0.4) is 0 Å². The molecule has 0 saturated carbocycles. The average Bonchev–Trinajstić information content (AvgIpc) is 3.19. The zero-order valence-corrected chi connectivity index (χ0v) is 18.2. The van der Waals surface area contributed by atoms with Gasteiger partial charge in [-0.2, -0.15) is 13.2 Å². The molecule has 34 heavy (non-hydrogen) atoms. The highest BCUT2D eigenvalue weighted by Gasteiger charge is 2.30. The van der Waals surface area contributed by atoms with Crippen LogP contribution in [0.1, 0.15) is 16.8 Å². The van der Waals surface area contributed by atoms with Crippen LogP contribution < -0.4 is 10.3 Å². The summed E-state index contributed by atoms with van der Waals surface area (Å²) in [5.74, 6) is 0.782. The molecule has 0 aliphatic heterocycles. The molecule has 5 rings (SSSR count). The highest BCUT2D eigenvalue weighted by molar-refractivity contribution is 6.04. The fraction of sp³-hybridized carbons (Fsp3) is 0.154. The van der Waals surface area contributed by atoms with Crippen LogP contribution in [0.5, 0.6) is 5.75 Å². The van der Waals surface area contributed by atoms with Crippen molar-refractivity contribution in [3.63, 3.8) is 0 Å². The molecule has 0 radical (unpaired) electrons. The average molecular weight is 463 g/mol. The van der Waals surface area contributed by atoms with Crippen molar-refractivity contribution in [3.8, 4) is 11.4 Å². The SMILES string of the molecule is COc1ccc(CCc2nc3c(=O)n(-c4ccc(C(F)(F)F)cc4)[nH]c3c3ccccc23)cc1. The number of aryl methyl sites for hydroxylation is 2. The summed E-state index contributed by atoms with van der Waals surface area (Å²) in [7, 11) is 1.62. The van der Waals surface area contributed by atoms with E-state index in [1.807, 2.05) is 48.5 Å². The molecule has 0 unspecified atom stereocenters. The van der Waals surface area contributed by atoms with Crippen molar-refractivity contribution >= 4 is 21.8 Å². The first-order valence-electron chi connectivity index (χ1n) is 10.7. The Labute approximate surface area is 192 Å². The van der Waals surface area contributed by atoms with Crippen molar-refractivity contribution < 1.29 is 17.9 Å². The van der Waals surface area contributed by atoms with Crippen LogP contribution in [-0.2, 0) is 19.0 Å². The first-order valence-corrected chi connectivity index (χ1v) is 10.7. The minimum atomic E-state index is -4.44.